The summed E-state index contributed by atoms with van der Waals surface area (Å²) in [6.07, 6.45) is 0. The van der Waals surface area contributed by atoms with E-state index in [2.05, 4.69) is 264 Å². The van der Waals surface area contributed by atoms with Gasteiger partial charge in [0.2, 0.25) is 0 Å². The zero-order valence-corrected chi connectivity index (χ0v) is 35.1. The number of para-hydroxylation sites is 2. The Kier molecular flexibility index (Phi) is 9.20. The number of hydrogen-bond donors (Lipinski definition) is 0. The second-order valence-electron chi connectivity index (χ2n) is 16.5. The smallest absolute Gasteiger partial charge is 0.0541 e. The predicted octanol–water partition coefficient (Wildman–Crippen LogP) is 17.2. The maximum absolute atomic E-state index is 2.43. The lowest BCUT2D eigenvalue weighted by Gasteiger charge is -2.28. The molecule has 0 aliphatic rings. The first-order valence-electron chi connectivity index (χ1n) is 22.0. The van der Waals surface area contributed by atoms with Crippen molar-refractivity contribution in [2.24, 2.45) is 0 Å². The zero-order valence-electron chi connectivity index (χ0n) is 35.1. The number of anilines is 3. The lowest BCUT2D eigenvalue weighted by atomic mass is 9.92. The summed E-state index contributed by atoms with van der Waals surface area (Å²) in [5, 5.41) is 7.40. The van der Waals surface area contributed by atoms with Gasteiger partial charge < -0.3 is 9.47 Å². The lowest BCUT2D eigenvalue weighted by molar-refractivity contribution is 1.18. The molecule has 0 spiro atoms. The fourth-order valence-corrected chi connectivity index (χ4v) is 9.76. The highest BCUT2D eigenvalue weighted by Gasteiger charge is 2.20. The molecule has 0 radical (unpaired) electrons. The van der Waals surface area contributed by atoms with E-state index < -0.39 is 0 Å². The molecule has 0 aliphatic carbocycles. The molecule has 0 unspecified atom stereocenters. The lowest BCUT2D eigenvalue weighted by Crippen LogP contribution is -2.11. The third-order valence-electron chi connectivity index (χ3n) is 12.8. The maximum atomic E-state index is 2.43. The minimum absolute atomic E-state index is 1.08. The average molecular weight is 815 g/mol. The highest BCUT2D eigenvalue weighted by molar-refractivity contribution is 6.11. The monoisotopic (exact) mass is 814 g/mol. The van der Waals surface area contributed by atoms with Crippen LogP contribution in [0.3, 0.4) is 0 Å². The Hall–Kier alpha value is -8.46. The van der Waals surface area contributed by atoms with E-state index in [0.717, 1.165) is 33.9 Å². The molecule has 0 amide bonds. The van der Waals surface area contributed by atoms with Crippen molar-refractivity contribution in [3.63, 3.8) is 0 Å². The highest BCUT2D eigenvalue weighted by Crippen LogP contribution is 2.45. The van der Waals surface area contributed by atoms with Gasteiger partial charge in [0.25, 0.3) is 0 Å². The van der Waals surface area contributed by atoms with Gasteiger partial charge in [0.05, 0.1) is 16.7 Å². The molecule has 11 aromatic carbocycles. The molecule has 300 valence electrons. The number of nitrogens with zero attached hydrogens (tertiary/aromatic N) is 2. The van der Waals surface area contributed by atoms with Crippen molar-refractivity contribution >= 4 is 60.4 Å². The van der Waals surface area contributed by atoms with Gasteiger partial charge in [-0.2, -0.15) is 0 Å². The van der Waals surface area contributed by atoms with Crippen molar-refractivity contribution in [3.05, 3.63) is 255 Å². The molecule has 12 aromatic rings. The summed E-state index contributed by atoms with van der Waals surface area (Å²) < 4.78 is 2.42. The van der Waals surface area contributed by atoms with Gasteiger partial charge in [0.15, 0.2) is 0 Å². The molecule has 64 heavy (non-hydrogen) atoms. The van der Waals surface area contributed by atoms with Crippen LogP contribution in [0.15, 0.2) is 255 Å². The minimum Gasteiger partial charge on any atom is -0.310 e. The van der Waals surface area contributed by atoms with Crippen molar-refractivity contribution in [3.8, 4) is 50.2 Å². The summed E-state index contributed by atoms with van der Waals surface area (Å²) in [4.78, 5) is 2.43. The largest absolute Gasteiger partial charge is 0.310 e. The van der Waals surface area contributed by atoms with E-state index in [4.69, 9.17) is 0 Å². The third-order valence-corrected chi connectivity index (χ3v) is 12.8. The molecular formula is C62H42N2. The van der Waals surface area contributed by atoms with E-state index in [1.165, 1.54) is 76.7 Å². The normalized spacial score (nSPS) is 11.4. The summed E-state index contributed by atoms with van der Waals surface area (Å²) in [6.45, 7) is 0. The summed E-state index contributed by atoms with van der Waals surface area (Å²) in [6, 6.07) is 92.8. The van der Waals surface area contributed by atoms with Crippen LogP contribution in [-0.4, -0.2) is 4.57 Å². The fourth-order valence-electron chi connectivity index (χ4n) is 9.76. The standard InChI is InChI=1S/C62H42N2/c1-3-17-43(18-4-1)47-23-15-24-51(40-47)63(62-38-37-56(55-26-9-10-27-57(55)62)54-30-16-22-46-21-7-8-25-53(46)54)50-35-33-45(34-36-50)49-39-48(44-19-5-2-6-20-44)41-52(42-49)64-60-31-13-11-28-58(60)59-29-12-14-32-61(59)64/h1-42H. The first-order chi connectivity index (χ1) is 31.7. The number of aromatic nitrogens is 1. The van der Waals surface area contributed by atoms with Crippen molar-refractivity contribution < 1.29 is 0 Å². The topological polar surface area (TPSA) is 8.17 Å². The first kappa shape index (κ1) is 37.3. The molecule has 0 saturated heterocycles. The van der Waals surface area contributed by atoms with Crippen molar-refractivity contribution in [1.82, 2.24) is 4.57 Å². The Morgan fingerprint density at radius 3 is 1.45 bits per heavy atom. The van der Waals surface area contributed by atoms with Crippen LogP contribution < -0.4 is 4.90 Å². The average Bonchev–Trinajstić information content (AvgIpc) is 3.71. The quantitative estimate of drug-likeness (QED) is 0.148. The Labute approximate surface area is 373 Å². The Morgan fingerprint density at radius 1 is 0.266 bits per heavy atom. The van der Waals surface area contributed by atoms with E-state index in [1.54, 1.807) is 0 Å². The van der Waals surface area contributed by atoms with Gasteiger partial charge in [-0.15, -0.1) is 0 Å². The van der Waals surface area contributed by atoms with Crippen LogP contribution in [0.5, 0.6) is 0 Å². The zero-order chi connectivity index (χ0) is 42.4. The summed E-state index contributed by atoms with van der Waals surface area (Å²) in [5.41, 5.74) is 16.3. The van der Waals surface area contributed by atoms with Crippen LogP contribution in [0.1, 0.15) is 0 Å². The molecule has 0 atom stereocenters. The van der Waals surface area contributed by atoms with Gasteiger partial charge in [0.1, 0.15) is 0 Å². The first-order valence-corrected chi connectivity index (χ1v) is 22.0. The van der Waals surface area contributed by atoms with Gasteiger partial charge in [-0.1, -0.05) is 194 Å². The number of rotatable bonds is 8. The van der Waals surface area contributed by atoms with Crippen LogP contribution in [0.4, 0.5) is 17.1 Å². The van der Waals surface area contributed by atoms with Crippen molar-refractivity contribution in [2.75, 3.05) is 4.90 Å². The van der Waals surface area contributed by atoms with Crippen LogP contribution in [0.2, 0.25) is 0 Å². The van der Waals surface area contributed by atoms with E-state index in [9.17, 15) is 0 Å². The van der Waals surface area contributed by atoms with Crippen molar-refractivity contribution in [1.29, 1.82) is 0 Å². The van der Waals surface area contributed by atoms with Crippen molar-refractivity contribution in [2.45, 2.75) is 0 Å². The Balaban J connectivity index is 1.03. The molecule has 0 N–H and O–H groups in total. The molecule has 0 aliphatic heterocycles. The second-order valence-corrected chi connectivity index (χ2v) is 16.5. The number of benzene rings is 11. The van der Waals surface area contributed by atoms with E-state index in [-0.39, 0.29) is 0 Å². The van der Waals surface area contributed by atoms with Gasteiger partial charge in [-0.3, -0.25) is 0 Å². The number of hydrogen-bond acceptors (Lipinski definition) is 1. The van der Waals surface area contributed by atoms with Gasteiger partial charge in [0, 0.05) is 33.2 Å². The Bertz CT molecular complexity index is 3600. The van der Waals surface area contributed by atoms with Crippen LogP contribution >= 0.6 is 0 Å². The highest BCUT2D eigenvalue weighted by atomic mass is 15.1. The maximum Gasteiger partial charge on any atom is 0.0541 e. The second kappa shape index (κ2) is 15.8. The Morgan fingerprint density at radius 2 is 0.766 bits per heavy atom. The van der Waals surface area contributed by atoms with Crippen LogP contribution in [0, 0.1) is 0 Å². The predicted molar refractivity (Wildman–Crippen MR) is 272 cm³/mol. The number of fused-ring (bicyclic) bond motifs is 5. The molecule has 12 rings (SSSR count). The molecule has 2 nitrogen and oxygen atoms in total. The summed E-state index contributed by atoms with van der Waals surface area (Å²) in [5.74, 6) is 0. The molecule has 0 bridgehead atoms. The third kappa shape index (κ3) is 6.52. The molecular weight excluding hydrogens is 773 g/mol. The molecule has 1 aromatic heterocycles. The van der Waals surface area contributed by atoms with Crippen LogP contribution in [0.25, 0.3) is 93.5 Å². The summed E-state index contributed by atoms with van der Waals surface area (Å²) in [7, 11) is 0. The molecule has 2 heteroatoms. The van der Waals surface area contributed by atoms with E-state index >= 15 is 0 Å². The summed E-state index contributed by atoms with van der Waals surface area (Å²) >= 11 is 0. The molecule has 1 heterocycles. The van der Waals surface area contributed by atoms with Gasteiger partial charge in [-0.25, -0.2) is 0 Å². The van der Waals surface area contributed by atoms with E-state index in [0.29, 0.717) is 0 Å². The van der Waals surface area contributed by atoms with Crippen LogP contribution in [-0.2, 0) is 0 Å². The van der Waals surface area contributed by atoms with Gasteiger partial charge in [-0.05, 0) is 121 Å². The molecule has 0 fully saturated rings. The molecule has 0 saturated carbocycles. The SMILES string of the molecule is c1ccc(-c2cccc(N(c3ccc(-c4cc(-c5ccccc5)cc(-n5c6ccccc6c6ccccc65)c4)cc3)c3ccc(-c4cccc5ccccc45)c4ccccc34)c2)cc1. The minimum atomic E-state index is 1.08. The van der Waals surface area contributed by atoms with Gasteiger partial charge >= 0.3 is 0 Å². The van der Waals surface area contributed by atoms with E-state index in [1.807, 2.05) is 0 Å². The fraction of sp³-hybridized carbons (Fsp3) is 0.